The molecule has 1 aromatic carbocycles. The lowest BCUT2D eigenvalue weighted by Gasteiger charge is -2.42. The van der Waals surface area contributed by atoms with E-state index in [4.69, 9.17) is 4.74 Å². The van der Waals surface area contributed by atoms with Crippen LogP contribution in [0.4, 0.5) is 16.2 Å². The Kier molecular flexibility index (Phi) is 7.80. The largest absolute Gasteiger partial charge is 0.465 e. The van der Waals surface area contributed by atoms with Crippen molar-refractivity contribution in [3.8, 4) is 0 Å². The van der Waals surface area contributed by atoms with Crippen LogP contribution in [0.2, 0.25) is 0 Å². The maximum atomic E-state index is 13.6. The molecule has 0 radical (unpaired) electrons. The number of ether oxygens (including phenoxy) is 1. The van der Waals surface area contributed by atoms with E-state index in [0.29, 0.717) is 11.3 Å². The Morgan fingerprint density at radius 1 is 1.06 bits per heavy atom. The highest BCUT2D eigenvalue weighted by atomic mass is 32.3. The molecule has 0 atom stereocenters. The topological polar surface area (TPSA) is 110 Å². The SMILES string of the molecule is COC(=O)c1ccc(CN(C(=O)N2CCS(O)(O)CC2)c2cccc(N3CCN(C)CC3)c2)nc1. The number of carbonyl (C=O) groups excluding carboxylic acids is 2. The normalized spacial score (nSPS) is 19.2. The van der Waals surface area contributed by atoms with Crippen LogP contribution in [0.1, 0.15) is 16.1 Å². The van der Waals surface area contributed by atoms with Crippen LogP contribution in [0.25, 0.3) is 0 Å². The number of aromatic nitrogens is 1. The Hall–Kier alpha value is -2.86. The van der Waals surface area contributed by atoms with Gasteiger partial charge in [-0.2, -0.15) is 10.6 Å². The maximum absolute atomic E-state index is 13.6. The van der Waals surface area contributed by atoms with E-state index in [-0.39, 0.29) is 37.2 Å². The molecule has 2 saturated heterocycles. The van der Waals surface area contributed by atoms with Crippen LogP contribution >= 0.6 is 10.6 Å². The van der Waals surface area contributed by atoms with Gasteiger partial charge < -0.3 is 19.4 Å². The number of urea groups is 1. The summed E-state index contributed by atoms with van der Waals surface area (Å²) in [7, 11) is 0.810. The van der Waals surface area contributed by atoms with Crippen molar-refractivity contribution < 1.29 is 23.4 Å². The monoisotopic (exact) mass is 503 g/mol. The number of nitrogens with zero attached hydrogens (tertiary/aromatic N) is 5. The third kappa shape index (κ3) is 6.23. The van der Waals surface area contributed by atoms with E-state index in [1.807, 2.05) is 18.2 Å². The van der Waals surface area contributed by atoms with Gasteiger partial charge in [0.2, 0.25) is 0 Å². The molecule has 0 aliphatic carbocycles. The summed E-state index contributed by atoms with van der Waals surface area (Å²) in [6, 6.07) is 11.0. The zero-order chi connectivity index (χ0) is 25.0. The number of methoxy groups -OCH3 is 1. The first kappa shape index (κ1) is 25.2. The van der Waals surface area contributed by atoms with Gasteiger partial charge in [0.25, 0.3) is 0 Å². The number of piperazine rings is 1. The average molecular weight is 504 g/mol. The van der Waals surface area contributed by atoms with E-state index in [9.17, 15) is 18.7 Å². The first-order chi connectivity index (χ1) is 16.8. The summed E-state index contributed by atoms with van der Waals surface area (Å²) < 4.78 is 24.7. The number of likely N-dealkylation sites (N-methyl/N-ethyl adjacent to an activating group) is 1. The maximum Gasteiger partial charge on any atom is 0.339 e. The van der Waals surface area contributed by atoms with Gasteiger partial charge in [-0.25, -0.2) is 9.59 Å². The molecule has 3 heterocycles. The summed E-state index contributed by atoms with van der Waals surface area (Å²) in [6.07, 6.45) is 1.45. The zero-order valence-electron chi connectivity index (χ0n) is 20.2. The highest BCUT2D eigenvalue weighted by Gasteiger charge is 2.30. The van der Waals surface area contributed by atoms with Crippen molar-refractivity contribution in [2.75, 3.05) is 74.7 Å². The van der Waals surface area contributed by atoms with Gasteiger partial charge in [-0.15, -0.1) is 0 Å². The predicted molar refractivity (Wildman–Crippen MR) is 137 cm³/mol. The third-order valence-electron chi connectivity index (χ3n) is 6.45. The van der Waals surface area contributed by atoms with Gasteiger partial charge in [0.15, 0.2) is 0 Å². The van der Waals surface area contributed by atoms with Crippen molar-refractivity contribution in [2.45, 2.75) is 6.54 Å². The van der Waals surface area contributed by atoms with Gasteiger partial charge in [-0.3, -0.25) is 19.0 Å². The Morgan fingerprint density at radius 2 is 1.77 bits per heavy atom. The molecule has 0 saturated carbocycles. The molecule has 0 unspecified atom stereocenters. The summed E-state index contributed by atoms with van der Waals surface area (Å²) in [4.78, 5) is 37.7. The number of pyridine rings is 1. The van der Waals surface area contributed by atoms with Crippen LogP contribution in [0.5, 0.6) is 0 Å². The van der Waals surface area contributed by atoms with Gasteiger partial charge in [0.1, 0.15) is 0 Å². The number of benzene rings is 1. The standard InChI is InChI=1S/C24H33N5O5S/c1-26-8-10-27(11-9-26)21-4-3-5-22(16-21)29(24(31)28-12-14-35(32,33)15-13-28)18-20-7-6-19(17-25-20)23(30)34-2/h3-7,16-17,32-33H,8-15,18H2,1-2H3. The molecule has 2 fully saturated rings. The first-order valence-corrected chi connectivity index (χ1v) is 13.5. The minimum absolute atomic E-state index is 0.181. The van der Waals surface area contributed by atoms with Crippen LogP contribution < -0.4 is 9.80 Å². The number of amides is 2. The van der Waals surface area contributed by atoms with Crippen LogP contribution in [0.15, 0.2) is 42.6 Å². The number of carbonyl (C=O) groups is 2. The fraction of sp³-hybridized carbons (Fsp3) is 0.458. The summed E-state index contributed by atoms with van der Waals surface area (Å²) >= 11 is 0. The summed E-state index contributed by atoms with van der Waals surface area (Å²) in [5.74, 6) is -0.107. The van der Waals surface area contributed by atoms with E-state index in [1.165, 1.54) is 13.3 Å². The van der Waals surface area contributed by atoms with Crippen molar-refractivity contribution in [1.29, 1.82) is 0 Å². The summed E-state index contributed by atoms with van der Waals surface area (Å²) in [5.41, 5.74) is 2.75. The van der Waals surface area contributed by atoms with E-state index in [1.54, 1.807) is 21.9 Å². The highest BCUT2D eigenvalue weighted by Crippen LogP contribution is 2.40. The molecule has 2 amide bonds. The lowest BCUT2D eigenvalue weighted by molar-refractivity contribution is 0.0600. The Bertz CT molecular complexity index is 1030. The Balaban J connectivity index is 1.59. The molecule has 4 rings (SSSR count). The van der Waals surface area contributed by atoms with Crippen molar-refractivity contribution in [1.82, 2.24) is 14.8 Å². The minimum Gasteiger partial charge on any atom is -0.465 e. The molecule has 0 bridgehead atoms. The van der Waals surface area contributed by atoms with Gasteiger partial charge >= 0.3 is 12.0 Å². The lowest BCUT2D eigenvalue weighted by atomic mass is 10.2. The molecular formula is C24H33N5O5S. The van der Waals surface area contributed by atoms with E-state index >= 15 is 0 Å². The number of hydrogen-bond donors (Lipinski definition) is 2. The Labute approximate surface area is 207 Å². The fourth-order valence-corrected chi connectivity index (χ4v) is 5.43. The number of hydrogen-bond acceptors (Lipinski definition) is 8. The summed E-state index contributed by atoms with van der Waals surface area (Å²) in [6.45, 7) is 4.55. The minimum atomic E-state index is -2.62. The molecule has 10 nitrogen and oxygen atoms in total. The second-order valence-electron chi connectivity index (χ2n) is 8.91. The summed E-state index contributed by atoms with van der Waals surface area (Å²) in [5, 5.41) is 0. The first-order valence-electron chi connectivity index (χ1n) is 11.6. The van der Waals surface area contributed by atoms with Crippen molar-refractivity contribution in [3.05, 3.63) is 53.9 Å². The van der Waals surface area contributed by atoms with Gasteiger partial charge in [-0.1, -0.05) is 6.07 Å². The van der Waals surface area contributed by atoms with Gasteiger partial charge in [-0.05, 0) is 37.4 Å². The van der Waals surface area contributed by atoms with Crippen molar-refractivity contribution in [2.24, 2.45) is 0 Å². The van der Waals surface area contributed by atoms with Gasteiger partial charge in [0, 0.05) is 56.8 Å². The molecule has 2 aromatic rings. The van der Waals surface area contributed by atoms with E-state index < -0.39 is 16.6 Å². The molecule has 2 aliphatic rings. The van der Waals surface area contributed by atoms with E-state index in [2.05, 4.69) is 27.9 Å². The molecular weight excluding hydrogens is 470 g/mol. The molecule has 2 aliphatic heterocycles. The molecule has 0 spiro atoms. The van der Waals surface area contributed by atoms with Crippen LogP contribution in [0, 0.1) is 0 Å². The van der Waals surface area contributed by atoms with Crippen molar-refractivity contribution in [3.63, 3.8) is 0 Å². The fourth-order valence-electron chi connectivity index (χ4n) is 4.20. The highest BCUT2D eigenvalue weighted by molar-refractivity contribution is 8.24. The quantitative estimate of drug-likeness (QED) is 0.600. The molecule has 1 aromatic heterocycles. The number of rotatable bonds is 5. The van der Waals surface area contributed by atoms with E-state index in [0.717, 1.165) is 37.6 Å². The lowest BCUT2D eigenvalue weighted by Crippen LogP contribution is -2.49. The van der Waals surface area contributed by atoms with Gasteiger partial charge in [0.05, 0.1) is 36.4 Å². The van der Waals surface area contributed by atoms with Crippen LogP contribution in [0.3, 0.4) is 0 Å². The molecule has 2 N–H and O–H groups in total. The molecule has 35 heavy (non-hydrogen) atoms. The van der Waals surface area contributed by atoms with Crippen molar-refractivity contribution >= 4 is 34.0 Å². The van der Waals surface area contributed by atoms with Crippen LogP contribution in [-0.4, -0.2) is 101 Å². The smallest absolute Gasteiger partial charge is 0.339 e. The number of anilines is 2. The Morgan fingerprint density at radius 3 is 2.40 bits per heavy atom. The second-order valence-corrected chi connectivity index (χ2v) is 11.3. The average Bonchev–Trinajstić information content (AvgIpc) is 2.87. The second kappa shape index (κ2) is 10.8. The molecule has 190 valence electrons. The predicted octanol–water partition coefficient (Wildman–Crippen LogP) is 2.81. The third-order valence-corrected chi connectivity index (χ3v) is 8.13. The molecule has 11 heteroatoms. The van der Waals surface area contributed by atoms with Crippen LogP contribution in [-0.2, 0) is 11.3 Å². The zero-order valence-corrected chi connectivity index (χ0v) is 21.0. The number of esters is 1.